The lowest BCUT2D eigenvalue weighted by atomic mass is 10.2. The Hall–Kier alpha value is -2.69. The molecule has 0 unspecified atom stereocenters. The first kappa shape index (κ1) is 12.3. The fourth-order valence-electron chi connectivity index (χ4n) is 2.01. The van der Waals surface area contributed by atoms with Crippen LogP contribution in [0.3, 0.4) is 0 Å². The van der Waals surface area contributed by atoms with Crippen LogP contribution in [-0.4, -0.2) is 20.9 Å². The number of imidazole rings is 1. The molecule has 0 aliphatic rings. The lowest BCUT2D eigenvalue weighted by molar-refractivity contribution is 0.102. The van der Waals surface area contributed by atoms with E-state index < -0.39 is 0 Å². The molecule has 1 aromatic carbocycles. The van der Waals surface area contributed by atoms with Crippen molar-refractivity contribution in [3.05, 3.63) is 54.1 Å². The van der Waals surface area contributed by atoms with Gasteiger partial charge in [0.25, 0.3) is 5.91 Å². The van der Waals surface area contributed by atoms with Crippen molar-refractivity contribution in [1.29, 1.82) is 0 Å². The highest BCUT2D eigenvalue weighted by Crippen LogP contribution is 2.18. The van der Waals surface area contributed by atoms with E-state index in [1.54, 1.807) is 24.5 Å². The summed E-state index contributed by atoms with van der Waals surface area (Å²) < 4.78 is 0. The molecule has 2 aromatic heterocycles. The minimum absolute atomic E-state index is 0.173. The predicted molar refractivity (Wildman–Crippen MR) is 77.7 cm³/mol. The highest BCUT2D eigenvalue weighted by Gasteiger charge is 2.07. The normalized spacial score (nSPS) is 10.7. The number of amides is 1. The lowest BCUT2D eigenvalue weighted by Crippen LogP contribution is -2.11. The van der Waals surface area contributed by atoms with Gasteiger partial charge in [-0.3, -0.25) is 9.78 Å². The number of aromatic amines is 1. The maximum atomic E-state index is 12.0. The molecule has 0 saturated carbocycles. The van der Waals surface area contributed by atoms with Gasteiger partial charge in [0, 0.05) is 24.5 Å². The fraction of sp³-hybridized carbons (Fsp3) is 0.133. The third-order valence-corrected chi connectivity index (χ3v) is 3.05. The molecule has 2 heterocycles. The van der Waals surface area contributed by atoms with Crippen molar-refractivity contribution in [2.24, 2.45) is 0 Å². The fourth-order valence-corrected chi connectivity index (χ4v) is 2.01. The Bertz CT molecular complexity index is 749. The Labute approximate surface area is 116 Å². The minimum atomic E-state index is -0.173. The largest absolute Gasteiger partial charge is 0.342 e. The molecule has 0 aliphatic heterocycles. The van der Waals surface area contributed by atoms with Crippen LogP contribution in [0.1, 0.15) is 23.1 Å². The lowest BCUT2D eigenvalue weighted by Gasteiger charge is -2.04. The molecule has 20 heavy (non-hydrogen) atoms. The van der Waals surface area contributed by atoms with E-state index in [-0.39, 0.29) is 5.91 Å². The molecule has 0 spiro atoms. The summed E-state index contributed by atoms with van der Waals surface area (Å²) in [7, 11) is 0. The molecular formula is C15H14N4O. The molecule has 3 aromatic rings. The van der Waals surface area contributed by atoms with Gasteiger partial charge in [0.1, 0.15) is 5.82 Å². The number of hydrogen-bond acceptors (Lipinski definition) is 3. The van der Waals surface area contributed by atoms with Crippen molar-refractivity contribution in [1.82, 2.24) is 15.0 Å². The van der Waals surface area contributed by atoms with Gasteiger partial charge in [-0.05, 0) is 30.3 Å². The highest BCUT2D eigenvalue weighted by molar-refractivity contribution is 6.04. The quantitative estimate of drug-likeness (QED) is 0.765. The molecule has 0 bridgehead atoms. The van der Waals surface area contributed by atoms with E-state index >= 15 is 0 Å². The molecule has 0 radical (unpaired) electrons. The average molecular weight is 266 g/mol. The summed E-state index contributed by atoms with van der Waals surface area (Å²) in [6, 6.07) is 9.09. The minimum Gasteiger partial charge on any atom is -0.342 e. The van der Waals surface area contributed by atoms with Crippen LogP contribution < -0.4 is 5.32 Å². The van der Waals surface area contributed by atoms with Crippen LogP contribution in [0.25, 0.3) is 11.0 Å². The number of nitrogens with zero attached hydrogens (tertiary/aromatic N) is 2. The monoisotopic (exact) mass is 266 g/mol. The summed E-state index contributed by atoms with van der Waals surface area (Å²) in [5.74, 6) is 0.767. The van der Waals surface area contributed by atoms with Crippen LogP contribution in [0, 0.1) is 0 Å². The van der Waals surface area contributed by atoms with Crippen LogP contribution in [0.2, 0.25) is 0 Å². The van der Waals surface area contributed by atoms with E-state index in [1.165, 1.54) is 0 Å². The standard InChI is InChI=1S/C15H14N4O/c1-2-14-18-12-6-5-11(8-13(12)19-14)17-15(20)10-4-3-7-16-9-10/h3-9H,2H2,1H3,(H,17,20)(H,18,19). The molecular weight excluding hydrogens is 252 g/mol. The summed E-state index contributed by atoms with van der Waals surface area (Å²) in [6.07, 6.45) is 4.03. The molecule has 1 amide bonds. The van der Waals surface area contributed by atoms with Gasteiger partial charge < -0.3 is 10.3 Å². The summed E-state index contributed by atoms with van der Waals surface area (Å²) in [5, 5.41) is 2.85. The van der Waals surface area contributed by atoms with Crippen molar-refractivity contribution < 1.29 is 4.79 Å². The van der Waals surface area contributed by atoms with Gasteiger partial charge in [0.05, 0.1) is 16.6 Å². The second-order valence-electron chi connectivity index (χ2n) is 4.46. The van der Waals surface area contributed by atoms with Crippen LogP contribution >= 0.6 is 0 Å². The third kappa shape index (κ3) is 2.38. The Morgan fingerprint density at radius 3 is 3.00 bits per heavy atom. The van der Waals surface area contributed by atoms with E-state index in [9.17, 15) is 4.79 Å². The zero-order chi connectivity index (χ0) is 13.9. The Morgan fingerprint density at radius 2 is 2.25 bits per heavy atom. The number of carbonyl (C=O) groups is 1. The first-order valence-corrected chi connectivity index (χ1v) is 6.46. The number of H-pyrrole nitrogens is 1. The number of aromatic nitrogens is 3. The van der Waals surface area contributed by atoms with Gasteiger partial charge >= 0.3 is 0 Å². The second kappa shape index (κ2) is 5.13. The smallest absolute Gasteiger partial charge is 0.257 e. The van der Waals surface area contributed by atoms with Crippen LogP contribution in [0.5, 0.6) is 0 Å². The van der Waals surface area contributed by atoms with Gasteiger partial charge in [0.15, 0.2) is 0 Å². The molecule has 0 fully saturated rings. The SMILES string of the molecule is CCc1nc2ccc(NC(=O)c3cccnc3)cc2[nH]1. The maximum absolute atomic E-state index is 12.0. The number of aryl methyl sites for hydroxylation is 1. The van der Waals surface area contributed by atoms with E-state index in [4.69, 9.17) is 0 Å². The number of benzene rings is 1. The average Bonchev–Trinajstić information content (AvgIpc) is 2.90. The Kier molecular flexibility index (Phi) is 3.16. The zero-order valence-corrected chi connectivity index (χ0v) is 11.1. The van der Waals surface area contributed by atoms with Gasteiger partial charge in [-0.2, -0.15) is 0 Å². The van der Waals surface area contributed by atoms with Gasteiger partial charge in [-0.25, -0.2) is 4.98 Å². The first-order valence-electron chi connectivity index (χ1n) is 6.46. The maximum Gasteiger partial charge on any atom is 0.257 e. The summed E-state index contributed by atoms with van der Waals surface area (Å²) >= 11 is 0. The van der Waals surface area contributed by atoms with Gasteiger partial charge in [0.2, 0.25) is 0 Å². The van der Waals surface area contributed by atoms with Crippen molar-refractivity contribution in [2.45, 2.75) is 13.3 Å². The number of rotatable bonds is 3. The number of fused-ring (bicyclic) bond motifs is 1. The van der Waals surface area contributed by atoms with Crippen molar-refractivity contribution in [3.63, 3.8) is 0 Å². The molecule has 0 saturated heterocycles. The molecule has 5 heteroatoms. The third-order valence-electron chi connectivity index (χ3n) is 3.05. The molecule has 100 valence electrons. The van der Waals surface area contributed by atoms with Crippen LogP contribution in [0.4, 0.5) is 5.69 Å². The number of hydrogen-bond donors (Lipinski definition) is 2. The first-order chi connectivity index (χ1) is 9.76. The van der Waals surface area contributed by atoms with E-state index in [0.29, 0.717) is 5.56 Å². The van der Waals surface area contributed by atoms with Crippen molar-refractivity contribution in [2.75, 3.05) is 5.32 Å². The number of anilines is 1. The predicted octanol–water partition coefficient (Wildman–Crippen LogP) is 2.77. The van der Waals surface area contributed by atoms with Crippen LogP contribution in [0.15, 0.2) is 42.7 Å². The Balaban J connectivity index is 1.85. The number of nitrogens with one attached hydrogen (secondary N) is 2. The molecule has 5 nitrogen and oxygen atoms in total. The summed E-state index contributed by atoms with van der Waals surface area (Å²) in [5.41, 5.74) is 3.09. The topological polar surface area (TPSA) is 70.7 Å². The van der Waals surface area contributed by atoms with E-state index in [0.717, 1.165) is 29.0 Å². The number of pyridine rings is 1. The molecule has 0 atom stereocenters. The molecule has 2 N–H and O–H groups in total. The Morgan fingerprint density at radius 1 is 1.35 bits per heavy atom. The molecule has 0 aliphatic carbocycles. The summed E-state index contributed by atoms with van der Waals surface area (Å²) in [6.45, 7) is 2.04. The second-order valence-corrected chi connectivity index (χ2v) is 4.46. The summed E-state index contributed by atoms with van der Waals surface area (Å²) in [4.78, 5) is 23.6. The zero-order valence-electron chi connectivity index (χ0n) is 11.1. The van der Waals surface area contributed by atoms with E-state index in [2.05, 4.69) is 20.3 Å². The molecule has 3 rings (SSSR count). The number of carbonyl (C=O) groups excluding carboxylic acids is 1. The highest BCUT2D eigenvalue weighted by atomic mass is 16.1. The van der Waals surface area contributed by atoms with Crippen molar-refractivity contribution >= 4 is 22.6 Å². The van der Waals surface area contributed by atoms with Crippen LogP contribution in [-0.2, 0) is 6.42 Å². The van der Waals surface area contributed by atoms with Gasteiger partial charge in [-0.1, -0.05) is 6.92 Å². The van der Waals surface area contributed by atoms with Crippen molar-refractivity contribution in [3.8, 4) is 0 Å². The van der Waals surface area contributed by atoms with E-state index in [1.807, 2.05) is 25.1 Å². The van der Waals surface area contributed by atoms with Gasteiger partial charge in [-0.15, -0.1) is 0 Å².